The first-order chi connectivity index (χ1) is 8.65. The van der Waals surface area contributed by atoms with Gasteiger partial charge in [0.1, 0.15) is 5.82 Å². The van der Waals surface area contributed by atoms with Crippen molar-refractivity contribution in [3.63, 3.8) is 0 Å². The molecule has 0 saturated heterocycles. The Balaban J connectivity index is 1.97. The fraction of sp³-hybridized carbons (Fsp3) is 0.0769. The number of anilines is 2. The predicted octanol–water partition coefficient (Wildman–Crippen LogP) is 1.97. The highest BCUT2D eigenvalue weighted by Crippen LogP contribution is 2.09. The van der Waals surface area contributed by atoms with E-state index in [4.69, 9.17) is 10.8 Å². The van der Waals surface area contributed by atoms with E-state index in [9.17, 15) is 4.79 Å². The molecular weight excluding hydrogens is 230 g/mol. The van der Waals surface area contributed by atoms with Gasteiger partial charge in [-0.15, -0.1) is 0 Å². The second-order valence-corrected chi connectivity index (χ2v) is 3.83. The zero-order valence-corrected chi connectivity index (χ0v) is 9.63. The van der Waals surface area contributed by atoms with Gasteiger partial charge in [0.2, 0.25) is 0 Å². The third kappa shape index (κ3) is 2.98. The molecule has 0 aliphatic carbocycles. The molecule has 0 atom stereocenters. The Labute approximate surface area is 104 Å². The van der Waals surface area contributed by atoms with E-state index in [1.54, 1.807) is 42.6 Å². The van der Waals surface area contributed by atoms with E-state index in [0.717, 1.165) is 11.4 Å². The average Bonchev–Trinajstić information content (AvgIpc) is 2.38. The number of hydrogen-bond donors (Lipinski definition) is 3. The monoisotopic (exact) mass is 243 g/mol. The summed E-state index contributed by atoms with van der Waals surface area (Å²) < 4.78 is 0. The van der Waals surface area contributed by atoms with Gasteiger partial charge < -0.3 is 16.2 Å². The molecule has 5 heteroatoms. The minimum absolute atomic E-state index is 0.282. The summed E-state index contributed by atoms with van der Waals surface area (Å²) in [6.07, 6.45) is 1.58. The maximum atomic E-state index is 10.7. The van der Waals surface area contributed by atoms with Crippen molar-refractivity contribution in [2.75, 3.05) is 11.1 Å². The van der Waals surface area contributed by atoms with Gasteiger partial charge in [-0.1, -0.05) is 12.1 Å². The summed E-state index contributed by atoms with van der Waals surface area (Å²) in [6, 6.07) is 10.3. The maximum absolute atomic E-state index is 10.7. The van der Waals surface area contributed by atoms with Gasteiger partial charge in [-0.2, -0.15) is 0 Å². The van der Waals surface area contributed by atoms with Gasteiger partial charge in [-0.05, 0) is 29.8 Å². The van der Waals surface area contributed by atoms with Gasteiger partial charge in [0.05, 0.1) is 17.4 Å². The molecule has 1 aromatic heterocycles. The van der Waals surface area contributed by atoms with E-state index in [1.807, 2.05) is 0 Å². The first-order valence-corrected chi connectivity index (χ1v) is 5.43. The highest BCUT2D eigenvalue weighted by atomic mass is 16.4. The number of aromatic nitrogens is 1. The highest BCUT2D eigenvalue weighted by molar-refractivity contribution is 5.87. The molecule has 5 nitrogen and oxygen atoms in total. The van der Waals surface area contributed by atoms with Gasteiger partial charge in [0.25, 0.3) is 0 Å². The predicted molar refractivity (Wildman–Crippen MR) is 69.4 cm³/mol. The molecule has 1 heterocycles. The van der Waals surface area contributed by atoms with Crippen molar-refractivity contribution in [1.82, 2.24) is 4.98 Å². The number of nitrogen functional groups attached to an aromatic ring is 1. The van der Waals surface area contributed by atoms with Crippen molar-refractivity contribution in [3.05, 3.63) is 53.7 Å². The van der Waals surface area contributed by atoms with Crippen molar-refractivity contribution >= 4 is 17.5 Å². The van der Waals surface area contributed by atoms with Gasteiger partial charge >= 0.3 is 5.97 Å². The molecule has 0 fully saturated rings. The number of benzene rings is 1. The fourth-order valence-electron chi connectivity index (χ4n) is 1.47. The number of carboxylic acid groups (broad SMARTS) is 1. The standard InChI is InChI=1S/C13H13N3O2/c14-11-5-6-12(16-8-11)15-7-9-1-3-10(4-2-9)13(17)18/h1-6,8H,7,14H2,(H,15,16)(H,17,18). The van der Waals surface area contributed by atoms with Crippen LogP contribution in [0, 0.1) is 0 Å². The molecule has 0 aliphatic rings. The zero-order valence-electron chi connectivity index (χ0n) is 9.63. The first kappa shape index (κ1) is 11.9. The van der Waals surface area contributed by atoms with Crippen LogP contribution in [0.3, 0.4) is 0 Å². The maximum Gasteiger partial charge on any atom is 0.335 e. The van der Waals surface area contributed by atoms with Crippen LogP contribution in [0.1, 0.15) is 15.9 Å². The van der Waals surface area contributed by atoms with E-state index < -0.39 is 5.97 Å². The number of pyridine rings is 1. The molecule has 2 aromatic rings. The molecule has 18 heavy (non-hydrogen) atoms. The Hall–Kier alpha value is -2.56. The van der Waals surface area contributed by atoms with Crippen LogP contribution in [0.2, 0.25) is 0 Å². The quantitative estimate of drug-likeness (QED) is 0.764. The van der Waals surface area contributed by atoms with E-state index in [2.05, 4.69) is 10.3 Å². The molecule has 0 bridgehead atoms. The van der Waals surface area contributed by atoms with Crippen molar-refractivity contribution in [2.24, 2.45) is 0 Å². The smallest absolute Gasteiger partial charge is 0.335 e. The minimum Gasteiger partial charge on any atom is -0.478 e. The largest absolute Gasteiger partial charge is 0.478 e. The lowest BCUT2D eigenvalue weighted by Gasteiger charge is -2.06. The lowest BCUT2D eigenvalue weighted by Crippen LogP contribution is -2.02. The van der Waals surface area contributed by atoms with Crippen LogP contribution in [0.4, 0.5) is 11.5 Å². The normalized spacial score (nSPS) is 10.0. The Morgan fingerprint density at radius 2 is 1.94 bits per heavy atom. The number of hydrogen-bond acceptors (Lipinski definition) is 4. The van der Waals surface area contributed by atoms with Crippen LogP contribution in [-0.2, 0) is 6.54 Å². The molecule has 0 aliphatic heterocycles. The van der Waals surface area contributed by atoms with E-state index in [1.165, 1.54) is 0 Å². The van der Waals surface area contributed by atoms with Crippen LogP contribution in [-0.4, -0.2) is 16.1 Å². The van der Waals surface area contributed by atoms with Crippen LogP contribution in [0.25, 0.3) is 0 Å². The highest BCUT2D eigenvalue weighted by Gasteiger charge is 2.01. The van der Waals surface area contributed by atoms with Crippen LogP contribution in [0.5, 0.6) is 0 Å². The van der Waals surface area contributed by atoms with E-state index >= 15 is 0 Å². The summed E-state index contributed by atoms with van der Waals surface area (Å²) in [6.45, 7) is 0.580. The average molecular weight is 243 g/mol. The molecule has 92 valence electrons. The van der Waals surface area contributed by atoms with Gasteiger partial charge in [0, 0.05) is 6.54 Å². The van der Waals surface area contributed by atoms with Crippen LogP contribution in [0.15, 0.2) is 42.6 Å². The van der Waals surface area contributed by atoms with E-state index in [0.29, 0.717) is 12.2 Å². The van der Waals surface area contributed by atoms with Crippen molar-refractivity contribution in [3.8, 4) is 0 Å². The third-order valence-electron chi connectivity index (χ3n) is 2.46. The molecule has 0 amide bonds. The summed E-state index contributed by atoms with van der Waals surface area (Å²) in [5.74, 6) is -0.193. The van der Waals surface area contributed by atoms with Gasteiger partial charge in [-0.3, -0.25) is 0 Å². The van der Waals surface area contributed by atoms with Gasteiger partial charge in [0.15, 0.2) is 0 Å². The molecule has 4 N–H and O–H groups in total. The number of aromatic carboxylic acids is 1. The van der Waals surface area contributed by atoms with Crippen molar-refractivity contribution in [1.29, 1.82) is 0 Å². The third-order valence-corrected chi connectivity index (χ3v) is 2.46. The molecular formula is C13H13N3O2. The number of rotatable bonds is 4. The number of nitrogens with zero attached hydrogens (tertiary/aromatic N) is 1. The Morgan fingerprint density at radius 1 is 1.22 bits per heavy atom. The fourth-order valence-corrected chi connectivity index (χ4v) is 1.47. The lowest BCUT2D eigenvalue weighted by molar-refractivity contribution is 0.0697. The molecule has 1 aromatic carbocycles. The second kappa shape index (κ2) is 5.18. The summed E-state index contributed by atoms with van der Waals surface area (Å²) in [7, 11) is 0. The Kier molecular flexibility index (Phi) is 3.43. The van der Waals surface area contributed by atoms with Crippen molar-refractivity contribution in [2.45, 2.75) is 6.54 Å². The second-order valence-electron chi connectivity index (χ2n) is 3.83. The minimum atomic E-state index is -0.922. The van der Waals surface area contributed by atoms with Gasteiger partial charge in [-0.25, -0.2) is 9.78 Å². The summed E-state index contributed by atoms with van der Waals surface area (Å²) in [4.78, 5) is 14.8. The molecule has 0 saturated carbocycles. The van der Waals surface area contributed by atoms with Crippen molar-refractivity contribution < 1.29 is 9.90 Å². The number of carbonyl (C=O) groups is 1. The van der Waals surface area contributed by atoms with Crippen LogP contribution >= 0.6 is 0 Å². The van der Waals surface area contributed by atoms with E-state index in [-0.39, 0.29) is 5.56 Å². The summed E-state index contributed by atoms with van der Waals surface area (Å²) in [5, 5.41) is 11.9. The Morgan fingerprint density at radius 3 is 2.50 bits per heavy atom. The van der Waals surface area contributed by atoms with Crippen LogP contribution < -0.4 is 11.1 Å². The summed E-state index contributed by atoms with van der Waals surface area (Å²) in [5.41, 5.74) is 7.42. The first-order valence-electron chi connectivity index (χ1n) is 5.43. The molecule has 2 rings (SSSR count). The SMILES string of the molecule is Nc1ccc(NCc2ccc(C(=O)O)cc2)nc1. The number of carboxylic acids is 1. The number of nitrogens with one attached hydrogen (secondary N) is 1. The number of nitrogens with two attached hydrogens (primary N) is 1. The zero-order chi connectivity index (χ0) is 13.0. The molecule has 0 unspecified atom stereocenters. The lowest BCUT2D eigenvalue weighted by atomic mass is 10.1. The molecule has 0 radical (unpaired) electrons. The summed E-state index contributed by atoms with van der Waals surface area (Å²) >= 11 is 0. The Bertz CT molecular complexity index is 535. The topological polar surface area (TPSA) is 88.2 Å². The molecule has 0 spiro atoms.